The van der Waals surface area contributed by atoms with Gasteiger partial charge in [0.25, 0.3) is 0 Å². The monoisotopic (exact) mass is 279 g/mol. The Morgan fingerprint density at radius 3 is 2.95 bits per heavy atom. The van der Waals surface area contributed by atoms with Gasteiger partial charge in [0.05, 0.1) is 27.9 Å². The van der Waals surface area contributed by atoms with E-state index in [-0.39, 0.29) is 18.1 Å². The van der Waals surface area contributed by atoms with Crippen molar-refractivity contribution in [1.29, 1.82) is 5.26 Å². The lowest BCUT2D eigenvalue weighted by atomic mass is 10.0. The van der Waals surface area contributed by atoms with Crippen LogP contribution in [0.3, 0.4) is 0 Å². The first-order valence-electron chi connectivity index (χ1n) is 5.87. The van der Waals surface area contributed by atoms with Crippen LogP contribution in [-0.4, -0.2) is 31.2 Å². The zero-order chi connectivity index (χ0) is 13.9. The number of anilines is 1. The second kappa shape index (κ2) is 5.57. The molecule has 0 spiro atoms. The Morgan fingerprint density at radius 1 is 1.63 bits per heavy atom. The predicted octanol–water partition coefficient (Wildman–Crippen LogP) is 1.53. The molecule has 19 heavy (non-hydrogen) atoms. The van der Waals surface area contributed by atoms with Crippen LogP contribution in [0.5, 0.6) is 0 Å². The van der Waals surface area contributed by atoms with Crippen molar-refractivity contribution in [3.05, 3.63) is 28.8 Å². The summed E-state index contributed by atoms with van der Waals surface area (Å²) in [5.74, 6) is -0.287. The van der Waals surface area contributed by atoms with E-state index in [1.54, 1.807) is 12.1 Å². The number of hydrogen-bond acceptors (Lipinski definition) is 4. The van der Waals surface area contributed by atoms with Gasteiger partial charge in [-0.25, -0.2) is 0 Å². The standard InChI is InChI=1S/C13H14ClN3O2/c1-13(7-16-8-13)19-6-12(18)17-11-4-9(5-15)2-3-10(11)14/h2-4,16H,6-8H2,1H3,(H,17,18). The Kier molecular flexibility index (Phi) is 4.05. The summed E-state index contributed by atoms with van der Waals surface area (Å²) >= 11 is 5.95. The molecule has 0 aromatic heterocycles. The maximum atomic E-state index is 11.8. The number of nitrogens with one attached hydrogen (secondary N) is 2. The average Bonchev–Trinajstić information content (AvgIpc) is 2.37. The predicted molar refractivity (Wildman–Crippen MR) is 72.0 cm³/mol. The number of amides is 1. The third-order valence-corrected chi connectivity index (χ3v) is 3.25. The molecule has 0 bridgehead atoms. The van der Waals surface area contributed by atoms with Gasteiger partial charge in [0.2, 0.25) is 5.91 Å². The lowest BCUT2D eigenvalue weighted by Crippen LogP contribution is -2.59. The molecule has 0 atom stereocenters. The van der Waals surface area contributed by atoms with Crippen LogP contribution in [0.2, 0.25) is 5.02 Å². The van der Waals surface area contributed by atoms with Gasteiger partial charge in [-0.15, -0.1) is 0 Å². The van der Waals surface area contributed by atoms with E-state index in [1.807, 2.05) is 13.0 Å². The number of ether oxygens (including phenoxy) is 1. The molecular weight excluding hydrogens is 266 g/mol. The Balaban J connectivity index is 1.93. The Labute approximate surface area is 116 Å². The van der Waals surface area contributed by atoms with Crippen LogP contribution in [0.4, 0.5) is 5.69 Å². The summed E-state index contributed by atoms with van der Waals surface area (Å²) in [5, 5.41) is 14.9. The Hall–Kier alpha value is -1.61. The van der Waals surface area contributed by atoms with Gasteiger partial charge in [-0.05, 0) is 25.1 Å². The van der Waals surface area contributed by atoms with Crippen molar-refractivity contribution < 1.29 is 9.53 Å². The van der Waals surface area contributed by atoms with E-state index in [0.29, 0.717) is 16.3 Å². The zero-order valence-corrected chi connectivity index (χ0v) is 11.3. The van der Waals surface area contributed by atoms with Crippen molar-refractivity contribution in [3.63, 3.8) is 0 Å². The van der Waals surface area contributed by atoms with Crippen LogP contribution >= 0.6 is 11.6 Å². The number of carbonyl (C=O) groups excluding carboxylic acids is 1. The highest BCUT2D eigenvalue weighted by Gasteiger charge is 2.33. The number of benzene rings is 1. The summed E-state index contributed by atoms with van der Waals surface area (Å²) < 4.78 is 5.51. The van der Waals surface area contributed by atoms with Crippen LogP contribution in [-0.2, 0) is 9.53 Å². The van der Waals surface area contributed by atoms with E-state index < -0.39 is 0 Å². The zero-order valence-electron chi connectivity index (χ0n) is 10.5. The highest BCUT2D eigenvalue weighted by Crippen LogP contribution is 2.23. The molecule has 1 heterocycles. The first-order valence-corrected chi connectivity index (χ1v) is 6.24. The molecule has 0 aliphatic carbocycles. The highest BCUT2D eigenvalue weighted by atomic mass is 35.5. The molecule has 1 aliphatic rings. The lowest BCUT2D eigenvalue weighted by molar-refractivity contribution is -0.130. The van der Waals surface area contributed by atoms with Crippen molar-refractivity contribution in [2.75, 3.05) is 25.0 Å². The molecule has 5 nitrogen and oxygen atoms in total. The van der Waals surface area contributed by atoms with Crippen LogP contribution in [0.15, 0.2) is 18.2 Å². The molecule has 1 aromatic carbocycles. The van der Waals surface area contributed by atoms with Gasteiger partial charge in [-0.2, -0.15) is 5.26 Å². The van der Waals surface area contributed by atoms with Crippen molar-refractivity contribution in [3.8, 4) is 6.07 Å². The van der Waals surface area contributed by atoms with E-state index in [4.69, 9.17) is 21.6 Å². The molecule has 1 aromatic rings. The third kappa shape index (κ3) is 3.44. The molecule has 0 radical (unpaired) electrons. The van der Waals surface area contributed by atoms with Crippen LogP contribution in [0.25, 0.3) is 0 Å². The topological polar surface area (TPSA) is 74.1 Å². The van der Waals surface area contributed by atoms with Gasteiger partial charge in [0, 0.05) is 13.1 Å². The first kappa shape index (κ1) is 13.8. The molecule has 1 amide bonds. The number of nitrogens with zero attached hydrogens (tertiary/aromatic N) is 1. The minimum atomic E-state index is -0.287. The van der Waals surface area contributed by atoms with Crippen LogP contribution < -0.4 is 10.6 Å². The largest absolute Gasteiger partial charge is 0.363 e. The minimum absolute atomic E-state index is 0.0364. The smallest absolute Gasteiger partial charge is 0.250 e. The molecule has 2 rings (SSSR count). The molecule has 0 saturated carbocycles. The van der Waals surface area contributed by atoms with E-state index in [2.05, 4.69) is 10.6 Å². The molecule has 1 aliphatic heterocycles. The van der Waals surface area contributed by atoms with Gasteiger partial charge in [0.15, 0.2) is 0 Å². The minimum Gasteiger partial charge on any atom is -0.363 e. The first-order chi connectivity index (χ1) is 9.02. The molecular formula is C13H14ClN3O2. The molecule has 100 valence electrons. The fraction of sp³-hybridized carbons (Fsp3) is 0.385. The SMILES string of the molecule is CC1(OCC(=O)Nc2cc(C#N)ccc2Cl)CNC1. The van der Waals surface area contributed by atoms with Gasteiger partial charge < -0.3 is 15.4 Å². The summed E-state index contributed by atoms with van der Waals surface area (Å²) in [6, 6.07) is 6.70. The van der Waals surface area contributed by atoms with E-state index in [9.17, 15) is 4.79 Å². The highest BCUT2D eigenvalue weighted by molar-refractivity contribution is 6.33. The maximum absolute atomic E-state index is 11.8. The second-order valence-electron chi connectivity index (χ2n) is 4.70. The quantitative estimate of drug-likeness (QED) is 0.876. The number of carbonyl (C=O) groups is 1. The number of nitriles is 1. The van der Waals surface area contributed by atoms with Crippen LogP contribution in [0, 0.1) is 11.3 Å². The van der Waals surface area contributed by atoms with Crippen molar-refractivity contribution in [2.45, 2.75) is 12.5 Å². The van der Waals surface area contributed by atoms with Gasteiger partial charge in [0.1, 0.15) is 6.61 Å². The maximum Gasteiger partial charge on any atom is 0.250 e. The Bertz CT molecular complexity index is 535. The summed E-state index contributed by atoms with van der Waals surface area (Å²) in [7, 11) is 0. The third-order valence-electron chi connectivity index (χ3n) is 2.92. The second-order valence-corrected chi connectivity index (χ2v) is 5.10. The number of rotatable bonds is 4. The van der Waals surface area contributed by atoms with Gasteiger partial charge >= 0.3 is 0 Å². The molecule has 6 heteroatoms. The summed E-state index contributed by atoms with van der Waals surface area (Å²) in [6.07, 6.45) is 0. The van der Waals surface area contributed by atoms with Crippen molar-refractivity contribution in [2.24, 2.45) is 0 Å². The summed E-state index contributed by atoms with van der Waals surface area (Å²) in [4.78, 5) is 11.8. The summed E-state index contributed by atoms with van der Waals surface area (Å²) in [6.45, 7) is 3.39. The fourth-order valence-electron chi connectivity index (χ4n) is 1.70. The van der Waals surface area contributed by atoms with Gasteiger partial charge in [-0.1, -0.05) is 11.6 Å². The fourth-order valence-corrected chi connectivity index (χ4v) is 1.86. The average molecular weight is 280 g/mol. The summed E-state index contributed by atoms with van der Waals surface area (Å²) in [5.41, 5.74) is 0.595. The number of hydrogen-bond donors (Lipinski definition) is 2. The molecule has 2 N–H and O–H groups in total. The van der Waals surface area contributed by atoms with E-state index >= 15 is 0 Å². The number of halogens is 1. The Morgan fingerprint density at radius 2 is 2.37 bits per heavy atom. The normalized spacial score (nSPS) is 16.3. The van der Waals surface area contributed by atoms with Gasteiger partial charge in [-0.3, -0.25) is 4.79 Å². The lowest BCUT2D eigenvalue weighted by Gasteiger charge is -2.38. The van der Waals surface area contributed by atoms with Crippen molar-refractivity contribution in [1.82, 2.24) is 5.32 Å². The van der Waals surface area contributed by atoms with Crippen LogP contribution in [0.1, 0.15) is 12.5 Å². The molecule has 1 fully saturated rings. The molecule has 0 unspecified atom stereocenters. The van der Waals surface area contributed by atoms with E-state index in [0.717, 1.165) is 13.1 Å². The van der Waals surface area contributed by atoms with Crippen molar-refractivity contribution >= 4 is 23.2 Å². The van der Waals surface area contributed by atoms with E-state index in [1.165, 1.54) is 6.07 Å². The molecule has 1 saturated heterocycles.